The number of hydrogen-bond donors (Lipinski definition) is 1. The lowest BCUT2D eigenvalue weighted by molar-refractivity contribution is 0.533. The maximum Gasteiger partial charge on any atom is 0.247 e. The van der Waals surface area contributed by atoms with E-state index in [-0.39, 0.29) is 0 Å². The Labute approximate surface area is 110 Å². The van der Waals surface area contributed by atoms with Crippen LogP contribution in [-0.4, -0.2) is 20.4 Å². The van der Waals surface area contributed by atoms with Crippen LogP contribution in [0.5, 0.6) is 0 Å². The van der Waals surface area contributed by atoms with Gasteiger partial charge in [0.25, 0.3) is 0 Å². The van der Waals surface area contributed by atoms with Crippen molar-refractivity contribution >= 4 is 0 Å². The van der Waals surface area contributed by atoms with Crippen molar-refractivity contribution in [2.45, 2.75) is 20.8 Å². The standard InChI is InChI=1S/C14H14N4O/c1-8-13(9(2)16-15-8)11-5-4-6-12(7-11)14-18-17-10(3)19-14/h4-7H,1-3H3,(H,15,16). The monoisotopic (exact) mass is 254 g/mol. The van der Waals surface area contributed by atoms with Crippen molar-refractivity contribution in [2.24, 2.45) is 0 Å². The normalized spacial score (nSPS) is 10.9. The number of aromatic nitrogens is 4. The van der Waals surface area contributed by atoms with Gasteiger partial charge in [0, 0.05) is 23.7 Å². The van der Waals surface area contributed by atoms with Gasteiger partial charge in [0.05, 0.1) is 5.69 Å². The molecular weight excluding hydrogens is 240 g/mol. The minimum Gasteiger partial charge on any atom is -0.421 e. The Morgan fingerprint density at radius 2 is 1.84 bits per heavy atom. The number of nitrogens with one attached hydrogen (secondary N) is 1. The zero-order chi connectivity index (χ0) is 13.4. The highest BCUT2D eigenvalue weighted by Crippen LogP contribution is 2.29. The van der Waals surface area contributed by atoms with E-state index in [0.29, 0.717) is 11.8 Å². The number of rotatable bonds is 2. The summed E-state index contributed by atoms with van der Waals surface area (Å²) in [6, 6.07) is 8.03. The highest BCUT2D eigenvalue weighted by Gasteiger charge is 2.11. The van der Waals surface area contributed by atoms with E-state index in [9.17, 15) is 0 Å². The lowest BCUT2D eigenvalue weighted by Gasteiger charge is -2.03. The lowest BCUT2D eigenvalue weighted by atomic mass is 10.0. The summed E-state index contributed by atoms with van der Waals surface area (Å²) in [5.74, 6) is 1.11. The average molecular weight is 254 g/mol. The van der Waals surface area contributed by atoms with Crippen molar-refractivity contribution in [2.75, 3.05) is 0 Å². The SMILES string of the molecule is Cc1nnc(-c2cccc(-c3c(C)n[nH]c3C)c2)o1. The van der Waals surface area contributed by atoms with E-state index in [1.54, 1.807) is 6.92 Å². The van der Waals surface area contributed by atoms with Gasteiger partial charge in [-0.2, -0.15) is 5.10 Å². The summed E-state index contributed by atoms with van der Waals surface area (Å²) < 4.78 is 5.46. The maximum atomic E-state index is 5.46. The van der Waals surface area contributed by atoms with Crippen LogP contribution >= 0.6 is 0 Å². The first-order valence-corrected chi connectivity index (χ1v) is 6.07. The molecule has 96 valence electrons. The van der Waals surface area contributed by atoms with Gasteiger partial charge in [-0.1, -0.05) is 12.1 Å². The largest absolute Gasteiger partial charge is 0.421 e. The van der Waals surface area contributed by atoms with Crippen LogP contribution in [0.2, 0.25) is 0 Å². The highest BCUT2D eigenvalue weighted by molar-refractivity contribution is 5.72. The van der Waals surface area contributed by atoms with Gasteiger partial charge < -0.3 is 4.42 Å². The van der Waals surface area contributed by atoms with Crippen molar-refractivity contribution in [3.8, 4) is 22.6 Å². The lowest BCUT2D eigenvalue weighted by Crippen LogP contribution is -1.84. The summed E-state index contributed by atoms with van der Waals surface area (Å²) in [5, 5.41) is 15.1. The van der Waals surface area contributed by atoms with Crippen LogP contribution in [0.1, 0.15) is 17.3 Å². The van der Waals surface area contributed by atoms with E-state index in [0.717, 1.165) is 28.1 Å². The minimum absolute atomic E-state index is 0.540. The molecule has 0 atom stereocenters. The van der Waals surface area contributed by atoms with Crippen molar-refractivity contribution in [1.82, 2.24) is 20.4 Å². The van der Waals surface area contributed by atoms with Gasteiger partial charge in [0.1, 0.15) is 0 Å². The van der Waals surface area contributed by atoms with Crippen molar-refractivity contribution in [3.05, 3.63) is 41.5 Å². The first kappa shape index (κ1) is 11.6. The molecule has 0 radical (unpaired) electrons. The molecule has 3 aromatic rings. The third-order valence-corrected chi connectivity index (χ3v) is 3.05. The summed E-state index contributed by atoms with van der Waals surface area (Å²) >= 11 is 0. The molecular formula is C14H14N4O. The second-order valence-electron chi connectivity index (χ2n) is 4.52. The molecule has 5 heteroatoms. The molecule has 19 heavy (non-hydrogen) atoms. The molecule has 0 spiro atoms. The number of aromatic amines is 1. The molecule has 0 fully saturated rings. The Bertz CT molecular complexity index is 707. The molecule has 3 rings (SSSR count). The molecule has 5 nitrogen and oxygen atoms in total. The van der Waals surface area contributed by atoms with E-state index in [1.165, 1.54) is 0 Å². The van der Waals surface area contributed by atoms with Crippen LogP contribution in [0.4, 0.5) is 0 Å². The van der Waals surface area contributed by atoms with Crippen molar-refractivity contribution < 1.29 is 4.42 Å². The Morgan fingerprint density at radius 3 is 2.47 bits per heavy atom. The quantitative estimate of drug-likeness (QED) is 0.763. The van der Waals surface area contributed by atoms with Crippen LogP contribution in [0.3, 0.4) is 0 Å². The van der Waals surface area contributed by atoms with Crippen molar-refractivity contribution in [3.63, 3.8) is 0 Å². The molecule has 0 unspecified atom stereocenters. The van der Waals surface area contributed by atoms with Crippen LogP contribution in [0.25, 0.3) is 22.6 Å². The fourth-order valence-electron chi connectivity index (χ4n) is 2.20. The van der Waals surface area contributed by atoms with Gasteiger partial charge in [0.2, 0.25) is 11.8 Å². The van der Waals surface area contributed by atoms with Crippen LogP contribution in [0.15, 0.2) is 28.7 Å². The first-order chi connectivity index (χ1) is 9.15. The summed E-state index contributed by atoms with van der Waals surface area (Å²) in [7, 11) is 0. The highest BCUT2D eigenvalue weighted by atomic mass is 16.4. The molecule has 2 aromatic heterocycles. The Hall–Kier alpha value is -2.43. The fraction of sp³-hybridized carbons (Fsp3) is 0.214. The Kier molecular flexibility index (Phi) is 2.67. The zero-order valence-electron chi connectivity index (χ0n) is 11.1. The van der Waals surface area contributed by atoms with E-state index in [2.05, 4.69) is 26.5 Å². The molecule has 0 bridgehead atoms. The molecule has 0 aliphatic carbocycles. The topological polar surface area (TPSA) is 67.6 Å². The van der Waals surface area contributed by atoms with E-state index in [1.807, 2.05) is 32.0 Å². The van der Waals surface area contributed by atoms with E-state index in [4.69, 9.17) is 4.42 Å². The molecule has 0 amide bonds. The second kappa shape index (κ2) is 4.35. The summed E-state index contributed by atoms with van der Waals surface area (Å²) in [5.41, 5.74) is 5.17. The Balaban J connectivity index is 2.10. The second-order valence-corrected chi connectivity index (χ2v) is 4.52. The predicted molar refractivity (Wildman–Crippen MR) is 71.5 cm³/mol. The maximum absolute atomic E-state index is 5.46. The smallest absolute Gasteiger partial charge is 0.247 e. The average Bonchev–Trinajstić information content (AvgIpc) is 2.97. The number of benzene rings is 1. The molecule has 1 N–H and O–H groups in total. The zero-order valence-corrected chi connectivity index (χ0v) is 11.1. The first-order valence-electron chi connectivity index (χ1n) is 6.07. The fourth-order valence-corrected chi connectivity index (χ4v) is 2.20. The summed E-state index contributed by atoms with van der Waals surface area (Å²) in [6.45, 7) is 5.78. The van der Waals surface area contributed by atoms with Crippen molar-refractivity contribution in [1.29, 1.82) is 0 Å². The van der Waals surface area contributed by atoms with Gasteiger partial charge in [0.15, 0.2) is 0 Å². The number of hydrogen-bond acceptors (Lipinski definition) is 4. The third-order valence-electron chi connectivity index (χ3n) is 3.05. The Morgan fingerprint density at radius 1 is 1.05 bits per heavy atom. The van der Waals surface area contributed by atoms with Gasteiger partial charge in [-0.3, -0.25) is 5.10 Å². The molecule has 0 saturated heterocycles. The summed E-state index contributed by atoms with van der Waals surface area (Å²) in [4.78, 5) is 0. The van der Waals surface area contributed by atoms with Gasteiger partial charge >= 0.3 is 0 Å². The summed E-state index contributed by atoms with van der Waals surface area (Å²) in [6.07, 6.45) is 0. The number of nitrogens with zero attached hydrogens (tertiary/aromatic N) is 3. The minimum atomic E-state index is 0.540. The molecule has 0 saturated carbocycles. The number of aryl methyl sites for hydroxylation is 3. The van der Waals surface area contributed by atoms with E-state index < -0.39 is 0 Å². The molecule has 2 heterocycles. The third kappa shape index (κ3) is 2.03. The molecule has 0 aliphatic rings. The van der Waals surface area contributed by atoms with Gasteiger partial charge in [-0.05, 0) is 31.5 Å². The van der Waals surface area contributed by atoms with Crippen LogP contribution in [0, 0.1) is 20.8 Å². The predicted octanol–water partition coefficient (Wildman–Crippen LogP) is 3.05. The molecule has 1 aromatic carbocycles. The van der Waals surface area contributed by atoms with E-state index >= 15 is 0 Å². The van der Waals surface area contributed by atoms with Gasteiger partial charge in [-0.15, -0.1) is 10.2 Å². The van der Waals surface area contributed by atoms with Gasteiger partial charge in [-0.25, -0.2) is 0 Å². The molecule has 0 aliphatic heterocycles. The number of H-pyrrole nitrogens is 1. The van der Waals surface area contributed by atoms with Crippen LogP contribution < -0.4 is 0 Å². The van der Waals surface area contributed by atoms with Crippen LogP contribution in [-0.2, 0) is 0 Å².